The lowest BCUT2D eigenvalue weighted by atomic mass is 9.99. The van der Waals surface area contributed by atoms with Crippen LogP contribution in [-0.4, -0.2) is 61.6 Å². The van der Waals surface area contributed by atoms with Gasteiger partial charge in [0.2, 0.25) is 0 Å². The largest absolute Gasteiger partial charge is 0.356 e. The summed E-state index contributed by atoms with van der Waals surface area (Å²) in [5.41, 5.74) is 0. The van der Waals surface area contributed by atoms with Gasteiger partial charge in [-0.3, -0.25) is 4.99 Å². The minimum absolute atomic E-state index is 0. The first kappa shape index (κ1) is 22.4. The molecular formula is C18H37IN4S. The number of hydrogen-bond acceptors (Lipinski definition) is 3. The highest BCUT2D eigenvalue weighted by atomic mass is 127. The lowest BCUT2D eigenvalue weighted by Gasteiger charge is -2.30. The van der Waals surface area contributed by atoms with Crippen LogP contribution in [0.3, 0.4) is 0 Å². The monoisotopic (exact) mass is 468 g/mol. The highest BCUT2D eigenvalue weighted by Gasteiger charge is 2.24. The van der Waals surface area contributed by atoms with E-state index < -0.39 is 0 Å². The first-order valence-corrected chi connectivity index (χ1v) is 10.7. The minimum atomic E-state index is 0. The number of likely N-dealkylation sites (tertiary alicyclic amines) is 1. The number of aliphatic imine (C=N–C) groups is 1. The van der Waals surface area contributed by atoms with E-state index in [0.717, 1.165) is 23.7 Å². The van der Waals surface area contributed by atoms with E-state index >= 15 is 0 Å². The van der Waals surface area contributed by atoms with Gasteiger partial charge in [-0.25, -0.2) is 0 Å². The number of thioether (sulfide) groups is 1. The van der Waals surface area contributed by atoms with Crippen LogP contribution in [0.4, 0.5) is 0 Å². The van der Waals surface area contributed by atoms with E-state index in [1.165, 1.54) is 64.6 Å². The van der Waals surface area contributed by atoms with Crippen molar-refractivity contribution in [2.45, 2.75) is 63.2 Å². The molecule has 2 fully saturated rings. The van der Waals surface area contributed by atoms with Gasteiger partial charge in [0.05, 0.1) is 0 Å². The number of unbranched alkanes of at least 4 members (excludes halogenated alkanes) is 1. The molecule has 142 valence electrons. The molecule has 1 saturated heterocycles. The number of halogens is 1. The Morgan fingerprint density at radius 3 is 2.54 bits per heavy atom. The Bertz CT molecular complexity index is 359. The highest BCUT2D eigenvalue weighted by Crippen LogP contribution is 2.27. The molecule has 1 heterocycles. The summed E-state index contributed by atoms with van der Waals surface area (Å²) >= 11 is 2.00. The molecule has 0 bridgehead atoms. The minimum Gasteiger partial charge on any atom is -0.356 e. The maximum atomic E-state index is 4.38. The van der Waals surface area contributed by atoms with E-state index in [0.29, 0.717) is 6.04 Å². The first-order valence-electron chi connectivity index (χ1n) is 9.43. The third-order valence-corrected chi connectivity index (χ3v) is 6.45. The van der Waals surface area contributed by atoms with Crippen LogP contribution in [0.5, 0.6) is 0 Å². The third kappa shape index (κ3) is 8.13. The van der Waals surface area contributed by atoms with E-state index in [1.807, 2.05) is 18.8 Å². The second-order valence-electron chi connectivity index (χ2n) is 7.24. The van der Waals surface area contributed by atoms with E-state index in [2.05, 4.69) is 33.7 Å². The van der Waals surface area contributed by atoms with Crippen molar-refractivity contribution in [2.75, 3.05) is 39.5 Å². The fourth-order valence-corrected chi connectivity index (χ4v) is 4.42. The number of nitrogens with one attached hydrogen (secondary N) is 2. The fraction of sp³-hybridized carbons (Fsp3) is 0.944. The van der Waals surface area contributed by atoms with Crippen molar-refractivity contribution < 1.29 is 0 Å². The number of piperidine rings is 1. The Kier molecular flexibility index (Phi) is 11.8. The molecule has 2 N–H and O–H groups in total. The van der Waals surface area contributed by atoms with Crippen LogP contribution < -0.4 is 10.6 Å². The molecular weight excluding hydrogens is 431 g/mol. The molecule has 2 atom stereocenters. The quantitative estimate of drug-likeness (QED) is 0.260. The molecule has 0 aromatic rings. The van der Waals surface area contributed by atoms with Crippen LogP contribution in [-0.2, 0) is 0 Å². The maximum Gasteiger partial charge on any atom is 0.191 e. The molecule has 2 unspecified atom stereocenters. The highest BCUT2D eigenvalue weighted by molar-refractivity contribution is 14.0. The summed E-state index contributed by atoms with van der Waals surface area (Å²) < 4.78 is 0. The zero-order valence-corrected chi connectivity index (χ0v) is 18.9. The van der Waals surface area contributed by atoms with Crippen LogP contribution in [0.1, 0.15) is 51.9 Å². The molecule has 0 radical (unpaired) electrons. The standard InChI is InChI=1S/C18H36N4S.HI/c1-15-8-12-22(13-9-15)11-5-4-10-20-18(19-2)21-16-6-7-17(14-16)23-3;/h15-17H,4-14H2,1-3H3,(H2,19,20,21);1H. The van der Waals surface area contributed by atoms with Gasteiger partial charge in [-0.05, 0) is 76.8 Å². The third-order valence-electron chi connectivity index (χ3n) is 5.35. The summed E-state index contributed by atoms with van der Waals surface area (Å²) in [5.74, 6) is 1.92. The molecule has 1 saturated carbocycles. The van der Waals surface area contributed by atoms with E-state index in [1.54, 1.807) is 0 Å². The zero-order valence-electron chi connectivity index (χ0n) is 15.7. The Morgan fingerprint density at radius 2 is 1.92 bits per heavy atom. The summed E-state index contributed by atoms with van der Waals surface area (Å²) in [7, 11) is 1.88. The van der Waals surface area contributed by atoms with E-state index in [9.17, 15) is 0 Å². The van der Waals surface area contributed by atoms with Crippen molar-refractivity contribution in [3.63, 3.8) is 0 Å². The van der Waals surface area contributed by atoms with Crippen LogP contribution in [0.15, 0.2) is 4.99 Å². The van der Waals surface area contributed by atoms with Gasteiger partial charge in [-0.2, -0.15) is 11.8 Å². The summed E-state index contributed by atoms with van der Waals surface area (Å²) in [6.45, 7) is 7.28. The van der Waals surface area contributed by atoms with Crippen molar-refractivity contribution in [3.05, 3.63) is 0 Å². The van der Waals surface area contributed by atoms with Crippen LogP contribution in [0.25, 0.3) is 0 Å². The van der Waals surface area contributed by atoms with Crippen LogP contribution >= 0.6 is 35.7 Å². The molecule has 0 aromatic heterocycles. The first-order chi connectivity index (χ1) is 11.2. The van der Waals surface area contributed by atoms with Gasteiger partial charge in [-0.15, -0.1) is 24.0 Å². The van der Waals surface area contributed by atoms with Crippen molar-refractivity contribution in [1.82, 2.24) is 15.5 Å². The molecule has 0 amide bonds. The number of rotatable bonds is 7. The average molecular weight is 468 g/mol. The molecule has 4 nitrogen and oxygen atoms in total. The van der Waals surface area contributed by atoms with Crippen molar-refractivity contribution >= 4 is 41.7 Å². The average Bonchev–Trinajstić information content (AvgIpc) is 3.03. The normalized spacial score (nSPS) is 26.2. The second kappa shape index (κ2) is 12.6. The van der Waals surface area contributed by atoms with Crippen molar-refractivity contribution in [2.24, 2.45) is 10.9 Å². The van der Waals surface area contributed by atoms with Gasteiger partial charge < -0.3 is 15.5 Å². The molecule has 2 rings (SSSR count). The second-order valence-corrected chi connectivity index (χ2v) is 8.38. The molecule has 24 heavy (non-hydrogen) atoms. The topological polar surface area (TPSA) is 39.7 Å². The van der Waals surface area contributed by atoms with Gasteiger partial charge in [0.1, 0.15) is 0 Å². The summed E-state index contributed by atoms with van der Waals surface area (Å²) in [6, 6.07) is 0.606. The Morgan fingerprint density at radius 1 is 1.17 bits per heavy atom. The Balaban J connectivity index is 0.00000288. The van der Waals surface area contributed by atoms with Gasteiger partial charge in [-0.1, -0.05) is 6.92 Å². The predicted molar refractivity (Wildman–Crippen MR) is 119 cm³/mol. The molecule has 6 heteroatoms. The van der Waals surface area contributed by atoms with Gasteiger partial charge in [0.15, 0.2) is 5.96 Å². The summed E-state index contributed by atoms with van der Waals surface area (Å²) in [4.78, 5) is 7.01. The Labute approximate surface area is 170 Å². The summed E-state index contributed by atoms with van der Waals surface area (Å²) in [6.07, 6.45) is 11.4. The Hall–Kier alpha value is 0.310. The van der Waals surface area contributed by atoms with E-state index in [4.69, 9.17) is 0 Å². The van der Waals surface area contributed by atoms with E-state index in [-0.39, 0.29) is 24.0 Å². The molecule has 0 spiro atoms. The lowest BCUT2D eigenvalue weighted by Crippen LogP contribution is -2.43. The van der Waals surface area contributed by atoms with Crippen molar-refractivity contribution in [1.29, 1.82) is 0 Å². The predicted octanol–water partition coefficient (Wildman–Crippen LogP) is 3.57. The number of nitrogens with zero attached hydrogens (tertiary/aromatic N) is 2. The van der Waals surface area contributed by atoms with Crippen molar-refractivity contribution in [3.8, 4) is 0 Å². The van der Waals surface area contributed by atoms with Gasteiger partial charge in [0, 0.05) is 24.9 Å². The smallest absolute Gasteiger partial charge is 0.191 e. The molecule has 1 aliphatic heterocycles. The zero-order chi connectivity index (χ0) is 16.5. The van der Waals surface area contributed by atoms with Gasteiger partial charge in [0.25, 0.3) is 0 Å². The number of hydrogen-bond donors (Lipinski definition) is 2. The lowest BCUT2D eigenvalue weighted by molar-refractivity contribution is 0.189. The molecule has 0 aromatic carbocycles. The van der Waals surface area contributed by atoms with Crippen LogP contribution in [0.2, 0.25) is 0 Å². The molecule has 2 aliphatic rings. The van der Waals surface area contributed by atoms with Crippen LogP contribution in [0, 0.1) is 5.92 Å². The number of guanidine groups is 1. The maximum absolute atomic E-state index is 4.38. The molecule has 1 aliphatic carbocycles. The summed E-state index contributed by atoms with van der Waals surface area (Å²) in [5, 5.41) is 7.91. The van der Waals surface area contributed by atoms with Gasteiger partial charge >= 0.3 is 0 Å². The SMILES string of the molecule is CN=C(NCCCCN1CCC(C)CC1)NC1CCC(SC)C1.I. The fourth-order valence-electron chi connectivity index (χ4n) is 3.63.